The predicted molar refractivity (Wildman–Crippen MR) is 65.2 cm³/mol. The standard InChI is InChI=1S/C10H12O2.C2H6.CH4/c1-3-8-4-6-9(7-5-8)10(11)12-2;1-2;/h4-7H,3H2,1-2H3;1-2H3;1H4. The van der Waals surface area contributed by atoms with Crippen molar-refractivity contribution in [3.05, 3.63) is 35.4 Å². The molecule has 0 fully saturated rings. The molecule has 15 heavy (non-hydrogen) atoms. The molecule has 0 aliphatic rings. The van der Waals surface area contributed by atoms with Crippen molar-refractivity contribution in [3.63, 3.8) is 0 Å². The second-order valence-corrected chi connectivity index (χ2v) is 2.54. The lowest BCUT2D eigenvalue weighted by Gasteiger charge is -1.99. The lowest BCUT2D eigenvalue weighted by molar-refractivity contribution is 0.0600. The lowest BCUT2D eigenvalue weighted by atomic mass is 10.1. The number of ether oxygens (including phenoxy) is 1. The van der Waals surface area contributed by atoms with Crippen LogP contribution in [0.1, 0.15) is 44.1 Å². The Labute approximate surface area is 93.3 Å². The van der Waals surface area contributed by atoms with E-state index in [1.807, 2.05) is 26.0 Å². The summed E-state index contributed by atoms with van der Waals surface area (Å²) in [6.45, 7) is 6.08. The molecule has 0 aromatic heterocycles. The molecule has 0 saturated carbocycles. The highest BCUT2D eigenvalue weighted by atomic mass is 16.5. The smallest absolute Gasteiger partial charge is 0.337 e. The third-order valence-corrected chi connectivity index (χ3v) is 1.78. The highest BCUT2D eigenvalue weighted by molar-refractivity contribution is 5.89. The molecular weight excluding hydrogens is 188 g/mol. The molecule has 0 spiro atoms. The summed E-state index contributed by atoms with van der Waals surface area (Å²) in [6, 6.07) is 7.44. The van der Waals surface area contributed by atoms with Gasteiger partial charge in [0.05, 0.1) is 12.7 Å². The highest BCUT2D eigenvalue weighted by Crippen LogP contribution is 2.05. The summed E-state index contributed by atoms with van der Waals surface area (Å²) in [6.07, 6.45) is 0.988. The largest absolute Gasteiger partial charge is 0.465 e. The second kappa shape index (κ2) is 9.25. The number of aryl methyl sites for hydroxylation is 1. The van der Waals surface area contributed by atoms with Crippen molar-refractivity contribution in [2.45, 2.75) is 34.6 Å². The molecule has 0 radical (unpaired) electrons. The van der Waals surface area contributed by atoms with E-state index in [2.05, 4.69) is 11.7 Å². The molecule has 0 saturated heterocycles. The molecule has 2 heteroatoms. The fourth-order valence-corrected chi connectivity index (χ4v) is 0.994. The van der Waals surface area contributed by atoms with Gasteiger partial charge in [0.2, 0.25) is 0 Å². The molecular formula is C13H22O2. The van der Waals surface area contributed by atoms with E-state index >= 15 is 0 Å². The first-order valence-electron chi connectivity index (χ1n) is 4.95. The summed E-state index contributed by atoms with van der Waals surface area (Å²) >= 11 is 0. The summed E-state index contributed by atoms with van der Waals surface area (Å²) in [5.74, 6) is -0.280. The van der Waals surface area contributed by atoms with Crippen LogP contribution in [0.4, 0.5) is 0 Å². The van der Waals surface area contributed by atoms with E-state index in [1.165, 1.54) is 12.7 Å². The number of hydrogen-bond acceptors (Lipinski definition) is 2. The van der Waals surface area contributed by atoms with Crippen molar-refractivity contribution in [2.75, 3.05) is 7.11 Å². The molecule has 1 aromatic rings. The van der Waals surface area contributed by atoms with Crippen LogP contribution in [0.5, 0.6) is 0 Å². The van der Waals surface area contributed by atoms with Crippen LogP contribution in [0, 0.1) is 0 Å². The first-order valence-corrected chi connectivity index (χ1v) is 4.95. The molecule has 86 valence electrons. The van der Waals surface area contributed by atoms with Crippen molar-refractivity contribution in [2.24, 2.45) is 0 Å². The molecule has 1 rings (SSSR count). The van der Waals surface area contributed by atoms with E-state index in [1.54, 1.807) is 12.1 Å². The monoisotopic (exact) mass is 210 g/mol. The zero-order chi connectivity index (χ0) is 11.0. The average molecular weight is 210 g/mol. The van der Waals surface area contributed by atoms with Crippen molar-refractivity contribution in [3.8, 4) is 0 Å². The predicted octanol–water partition coefficient (Wildman–Crippen LogP) is 3.70. The van der Waals surface area contributed by atoms with E-state index in [0.717, 1.165) is 6.42 Å². The van der Waals surface area contributed by atoms with Crippen LogP contribution >= 0.6 is 0 Å². The molecule has 0 aliphatic heterocycles. The van der Waals surface area contributed by atoms with Crippen LogP contribution in [-0.4, -0.2) is 13.1 Å². The number of hydrogen-bond donors (Lipinski definition) is 0. The molecule has 1 aromatic carbocycles. The maximum atomic E-state index is 11.0. The normalized spacial score (nSPS) is 8.00. The Hall–Kier alpha value is -1.31. The third-order valence-electron chi connectivity index (χ3n) is 1.78. The Kier molecular flexibility index (Phi) is 9.95. The first kappa shape index (κ1) is 16.1. The van der Waals surface area contributed by atoms with Crippen LogP contribution < -0.4 is 0 Å². The van der Waals surface area contributed by atoms with Crippen molar-refractivity contribution < 1.29 is 9.53 Å². The topological polar surface area (TPSA) is 26.3 Å². The molecule has 0 atom stereocenters. The van der Waals surface area contributed by atoms with Gasteiger partial charge in [0.1, 0.15) is 0 Å². The second-order valence-electron chi connectivity index (χ2n) is 2.54. The molecule has 0 unspecified atom stereocenters. The maximum absolute atomic E-state index is 11.0. The van der Waals surface area contributed by atoms with Crippen molar-refractivity contribution in [1.29, 1.82) is 0 Å². The average Bonchev–Trinajstić information content (AvgIpc) is 2.31. The van der Waals surface area contributed by atoms with Gasteiger partial charge in [0.25, 0.3) is 0 Å². The maximum Gasteiger partial charge on any atom is 0.337 e. The number of rotatable bonds is 2. The van der Waals surface area contributed by atoms with Crippen LogP contribution in [0.2, 0.25) is 0 Å². The van der Waals surface area contributed by atoms with Crippen LogP contribution in [0.25, 0.3) is 0 Å². The van der Waals surface area contributed by atoms with Gasteiger partial charge in [-0.2, -0.15) is 0 Å². The fraction of sp³-hybridized carbons (Fsp3) is 0.462. The van der Waals surface area contributed by atoms with Gasteiger partial charge in [-0.1, -0.05) is 40.3 Å². The van der Waals surface area contributed by atoms with Gasteiger partial charge in [0, 0.05) is 0 Å². The Balaban J connectivity index is 0. The SMILES string of the molecule is C.CC.CCc1ccc(C(=O)OC)cc1. The highest BCUT2D eigenvalue weighted by Gasteiger charge is 2.02. The van der Waals surface area contributed by atoms with Gasteiger partial charge >= 0.3 is 5.97 Å². The minimum Gasteiger partial charge on any atom is -0.465 e. The summed E-state index contributed by atoms with van der Waals surface area (Å²) < 4.78 is 4.57. The minimum absolute atomic E-state index is 0. The first-order chi connectivity index (χ1) is 6.77. The Bertz CT molecular complexity index is 262. The van der Waals surface area contributed by atoms with Crippen molar-refractivity contribution >= 4 is 5.97 Å². The van der Waals surface area contributed by atoms with Gasteiger partial charge in [-0.15, -0.1) is 0 Å². The van der Waals surface area contributed by atoms with Crippen LogP contribution in [0.3, 0.4) is 0 Å². The van der Waals surface area contributed by atoms with E-state index in [4.69, 9.17) is 0 Å². The molecule has 0 N–H and O–H groups in total. The van der Waals surface area contributed by atoms with Gasteiger partial charge in [-0.3, -0.25) is 0 Å². The number of esters is 1. The third kappa shape index (κ3) is 5.21. The molecule has 0 bridgehead atoms. The van der Waals surface area contributed by atoms with E-state index in [0.29, 0.717) is 5.56 Å². The van der Waals surface area contributed by atoms with Gasteiger partial charge in [-0.05, 0) is 24.1 Å². The minimum atomic E-state index is -0.280. The quantitative estimate of drug-likeness (QED) is 0.696. The number of carbonyl (C=O) groups is 1. The molecule has 0 amide bonds. The Morgan fingerprint density at radius 2 is 1.67 bits per heavy atom. The van der Waals surface area contributed by atoms with Crippen molar-refractivity contribution in [1.82, 2.24) is 0 Å². The summed E-state index contributed by atoms with van der Waals surface area (Å²) in [7, 11) is 1.38. The summed E-state index contributed by atoms with van der Waals surface area (Å²) in [5, 5.41) is 0. The van der Waals surface area contributed by atoms with E-state index in [9.17, 15) is 4.79 Å². The number of benzene rings is 1. The molecule has 0 heterocycles. The Morgan fingerprint density at radius 1 is 1.20 bits per heavy atom. The van der Waals surface area contributed by atoms with Crippen LogP contribution in [-0.2, 0) is 11.2 Å². The van der Waals surface area contributed by atoms with Gasteiger partial charge < -0.3 is 4.74 Å². The van der Waals surface area contributed by atoms with Gasteiger partial charge in [0.15, 0.2) is 0 Å². The summed E-state index contributed by atoms with van der Waals surface area (Å²) in [5.41, 5.74) is 1.83. The lowest BCUT2D eigenvalue weighted by Crippen LogP contribution is -2.00. The van der Waals surface area contributed by atoms with Gasteiger partial charge in [-0.25, -0.2) is 4.79 Å². The fourth-order valence-electron chi connectivity index (χ4n) is 0.994. The summed E-state index contributed by atoms with van der Waals surface area (Å²) in [4.78, 5) is 11.0. The number of carbonyl (C=O) groups excluding carboxylic acids is 1. The zero-order valence-corrected chi connectivity index (χ0v) is 9.33. The molecule has 2 nitrogen and oxygen atoms in total. The van der Waals surface area contributed by atoms with E-state index in [-0.39, 0.29) is 13.4 Å². The Morgan fingerprint density at radius 3 is 2.00 bits per heavy atom. The number of methoxy groups -OCH3 is 1. The van der Waals surface area contributed by atoms with E-state index < -0.39 is 0 Å². The van der Waals surface area contributed by atoms with Crippen LogP contribution in [0.15, 0.2) is 24.3 Å². The zero-order valence-electron chi connectivity index (χ0n) is 9.33. The molecule has 0 aliphatic carbocycles.